The normalized spacial score (nSPS) is 8.88. The lowest BCUT2D eigenvalue weighted by Gasteiger charge is -2.15. The Kier molecular flexibility index (Phi) is 4.22. The molecule has 0 heterocycles. The number of nitrogens with zero attached hydrogens (tertiary/aromatic N) is 1. The summed E-state index contributed by atoms with van der Waals surface area (Å²) in [5.74, 6) is 0. The Labute approximate surface area is 59.9 Å². The average molecular weight is 151 g/mol. The number of aliphatic hydroxyl groups excluding tert-OH is 1. The smallest absolute Gasteiger partial charge is 0.135 e. The Morgan fingerprint density at radius 2 is 2.38 bits per heavy atom. The fourth-order valence-corrected chi connectivity index (χ4v) is 0.687. The van der Waals surface area contributed by atoms with Crippen molar-refractivity contribution in [3.63, 3.8) is 0 Å². The van der Waals surface area contributed by atoms with Crippen LogP contribution in [0.2, 0.25) is 0 Å². The lowest BCUT2D eigenvalue weighted by molar-refractivity contribution is 0.180. The van der Waals surface area contributed by atoms with E-state index in [0.717, 1.165) is 0 Å². The molecule has 0 fully saturated rings. The van der Waals surface area contributed by atoms with Crippen LogP contribution in [-0.2, 0) is 0 Å². The molecule has 0 spiro atoms. The molecule has 48 valence electrons. The summed E-state index contributed by atoms with van der Waals surface area (Å²) in [5.41, 5.74) is 0. The molecule has 0 unspecified atom stereocenters. The number of hydrogen-bond donors (Lipinski definition) is 2. The maximum Gasteiger partial charge on any atom is 0.135 e. The number of aliphatic hydroxyl groups is 1. The highest BCUT2D eigenvalue weighted by Crippen LogP contribution is 1.92. The monoisotopic (exact) mass is 151 g/mol. The van der Waals surface area contributed by atoms with E-state index in [4.69, 9.17) is 5.11 Å². The second kappa shape index (κ2) is 4.12. The molecule has 4 heteroatoms. The third-order valence-corrected chi connectivity index (χ3v) is 1.36. The van der Waals surface area contributed by atoms with Crippen LogP contribution in [0.15, 0.2) is 0 Å². The summed E-state index contributed by atoms with van der Waals surface area (Å²) in [6, 6.07) is 0. The van der Waals surface area contributed by atoms with Crippen LogP contribution in [0.3, 0.4) is 0 Å². The Bertz CT molecular complexity index is 82.1. The maximum absolute atomic E-state index is 8.49. The molecule has 0 bridgehead atoms. The van der Waals surface area contributed by atoms with Crippen molar-refractivity contribution in [3.8, 4) is 0 Å². The molecule has 0 saturated heterocycles. The van der Waals surface area contributed by atoms with Gasteiger partial charge in [0.1, 0.15) is 11.1 Å². The maximum atomic E-state index is 8.49. The molecule has 0 aliphatic rings. The van der Waals surface area contributed by atoms with Gasteiger partial charge in [-0.3, -0.25) is 0 Å². The van der Waals surface area contributed by atoms with Gasteiger partial charge < -0.3 is 10.0 Å². The van der Waals surface area contributed by atoms with Crippen LogP contribution in [0.1, 0.15) is 6.92 Å². The highest BCUT2D eigenvalue weighted by molar-refractivity contribution is 8.10. The van der Waals surface area contributed by atoms with Gasteiger partial charge in [0.25, 0.3) is 0 Å². The summed E-state index contributed by atoms with van der Waals surface area (Å²) in [7, 11) is 0. The van der Waals surface area contributed by atoms with Crippen molar-refractivity contribution in [2.24, 2.45) is 0 Å². The molecule has 8 heavy (non-hydrogen) atoms. The topological polar surface area (TPSA) is 23.5 Å². The number of thiocarbonyl (C=S) groups is 1. The second-order valence-corrected chi connectivity index (χ2v) is 2.39. The molecular formula is C4H9NOS2. The van der Waals surface area contributed by atoms with Crippen molar-refractivity contribution in [1.82, 2.24) is 4.90 Å². The summed E-state index contributed by atoms with van der Waals surface area (Å²) in [6.45, 7) is 2.57. The van der Waals surface area contributed by atoms with Gasteiger partial charge in [0, 0.05) is 6.54 Å². The van der Waals surface area contributed by atoms with Gasteiger partial charge in [0.05, 0.1) is 0 Å². The van der Waals surface area contributed by atoms with E-state index in [1.54, 1.807) is 4.90 Å². The standard InChI is InChI=1S/C4H9NOS2/c1-2-5(3-6)4(7)8/h6H,2-3H2,1H3,(H,7,8). The van der Waals surface area contributed by atoms with E-state index in [9.17, 15) is 0 Å². The molecule has 0 saturated carbocycles. The lowest BCUT2D eigenvalue weighted by Crippen LogP contribution is -2.26. The van der Waals surface area contributed by atoms with E-state index < -0.39 is 0 Å². The second-order valence-electron chi connectivity index (χ2n) is 1.28. The van der Waals surface area contributed by atoms with Crippen LogP contribution in [0.5, 0.6) is 0 Å². The van der Waals surface area contributed by atoms with Crippen molar-refractivity contribution in [2.45, 2.75) is 6.92 Å². The van der Waals surface area contributed by atoms with Gasteiger partial charge in [-0.2, -0.15) is 0 Å². The minimum atomic E-state index is -0.0428. The highest BCUT2D eigenvalue weighted by Gasteiger charge is 1.97. The lowest BCUT2D eigenvalue weighted by atomic mass is 10.7. The quantitative estimate of drug-likeness (QED) is 0.341. The Balaban J connectivity index is 3.52. The van der Waals surface area contributed by atoms with Crippen molar-refractivity contribution in [3.05, 3.63) is 0 Å². The van der Waals surface area contributed by atoms with Gasteiger partial charge in [-0.1, -0.05) is 12.2 Å². The fraction of sp³-hybridized carbons (Fsp3) is 0.750. The molecule has 0 atom stereocenters. The van der Waals surface area contributed by atoms with Crippen molar-refractivity contribution in [1.29, 1.82) is 0 Å². The van der Waals surface area contributed by atoms with Crippen LogP contribution in [0.4, 0.5) is 0 Å². The van der Waals surface area contributed by atoms with Crippen LogP contribution < -0.4 is 0 Å². The van der Waals surface area contributed by atoms with Crippen molar-refractivity contribution >= 4 is 29.2 Å². The van der Waals surface area contributed by atoms with Gasteiger partial charge in [-0.25, -0.2) is 0 Å². The molecule has 0 amide bonds. The summed E-state index contributed by atoms with van der Waals surface area (Å²) in [6.07, 6.45) is 0. The third-order valence-electron chi connectivity index (χ3n) is 0.823. The van der Waals surface area contributed by atoms with E-state index in [1.807, 2.05) is 6.92 Å². The SMILES string of the molecule is CCN(CO)C(=S)S. The van der Waals surface area contributed by atoms with E-state index >= 15 is 0 Å². The predicted octanol–water partition coefficient (Wildman–Crippen LogP) is 0.473. The summed E-state index contributed by atoms with van der Waals surface area (Å²) in [4.78, 5) is 1.57. The van der Waals surface area contributed by atoms with E-state index in [0.29, 0.717) is 10.9 Å². The molecule has 2 nitrogen and oxygen atoms in total. The molecule has 0 aromatic carbocycles. The highest BCUT2D eigenvalue weighted by atomic mass is 32.1. The molecule has 0 aromatic heterocycles. The Morgan fingerprint density at radius 3 is 2.38 bits per heavy atom. The number of thiol groups is 1. The predicted molar refractivity (Wildman–Crippen MR) is 41.0 cm³/mol. The van der Waals surface area contributed by atoms with Crippen LogP contribution in [-0.4, -0.2) is 27.6 Å². The molecule has 0 aliphatic heterocycles. The molecule has 0 rings (SSSR count). The first kappa shape index (κ1) is 8.20. The van der Waals surface area contributed by atoms with Crippen molar-refractivity contribution in [2.75, 3.05) is 13.3 Å². The van der Waals surface area contributed by atoms with Crippen LogP contribution in [0, 0.1) is 0 Å². The third kappa shape index (κ3) is 2.49. The minimum absolute atomic E-state index is 0.0428. The van der Waals surface area contributed by atoms with Crippen LogP contribution >= 0.6 is 24.8 Å². The summed E-state index contributed by atoms with van der Waals surface area (Å²) in [5, 5.41) is 8.49. The summed E-state index contributed by atoms with van der Waals surface area (Å²) >= 11 is 8.50. The van der Waals surface area contributed by atoms with Gasteiger partial charge in [0.15, 0.2) is 0 Å². The van der Waals surface area contributed by atoms with Gasteiger partial charge >= 0.3 is 0 Å². The molecule has 0 aliphatic carbocycles. The number of hydrogen-bond acceptors (Lipinski definition) is 2. The molecule has 0 aromatic rings. The van der Waals surface area contributed by atoms with E-state index in [-0.39, 0.29) is 6.73 Å². The van der Waals surface area contributed by atoms with Gasteiger partial charge in [0.2, 0.25) is 0 Å². The van der Waals surface area contributed by atoms with Crippen molar-refractivity contribution < 1.29 is 5.11 Å². The summed E-state index contributed by atoms with van der Waals surface area (Å²) < 4.78 is 0.440. The Hall–Kier alpha value is 0.200. The zero-order chi connectivity index (χ0) is 6.57. The van der Waals surface area contributed by atoms with E-state index in [2.05, 4.69) is 24.8 Å². The first-order valence-corrected chi connectivity index (χ1v) is 3.16. The van der Waals surface area contributed by atoms with Crippen LogP contribution in [0.25, 0.3) is 0 Å². The molecule has 1 N–H and O–H groups in total. The zero-order valence-electron chi connectivity index (χ0n) is 4.66. The van der Waals surface area contributed by atoms with E-state index in [1.165, 1.54) is 0 Å². The van der Waals surface area contributed by atoms with Gasteiger partial charge in [-0.05, 0) is 6.92 Å². The molecular weight excluding hydrogens is 142 g/mol. The average Bonchev–Trinajstić information content (AvgIpc) is 1.69. The minimum Gasteiger partial charge on any atom is -0.376 e. The first-order valence-electron chi connectivity index (χ1n) is 2.31. The first-order chi connectivity index (χ1) is 3.72. The number of rotatable bonds is 2. The fourth-order valence-electron chi connectivity index (χ4n) is 0.296. The largest absolute Gasteiger partial charge is 0.376 e. The Morgan fingerprint density at radius 1 is 1.88 bits per heavy atom. The molecule has 0 radical (unpaired) electrons. The zero-order valence-corrected chi connectivity index (χ0v) is 6.38. The van der Waals surface area contributed by atoms with Gasteiger partial charge in [-0.15, -0.1) is 12.6 Å².